The largest absolute Gasteiger partial charge is 0.394 e. The van der Waals surface area contributed by atoms with E-state index in [0.29, 0.717) is 5.92 Å². The van der Waals surface area contributed by atoms with Crippen LogP contribution in [0.5, 0.6) is 0 Å². The smallest absolute Gasteiger partial charge is 0.145 e. The lowest BCUT2D eigenvalue weighted by atomic mass is 10.0. The summed E-state index contributed by atoms with van der Waals surface area (Å²) in [7, 11) is 0. The van der Waals surface area contributed by atoms with Gasteiger partial charge in [0.05, 0.1) is 19.0 Å². The van der Waals surface area contributed by atoms with Gasteiger partial charge in [0, 0.05) is 0 Å². The van der Waals surface area contributed by atoms with E-state index < -0.39 is 6.17 Å². The Morgan fingerprint density at radius 1 is 1.63 bits per heavy atom. The van der Waals surface area contributed by atoms with Crippen molar-refractivity contribution >= 4 is 11.7 Å². The minimum Gasteiger partial charge on any atom is -0.394 e. The number of aliphatic hydroxyl groups is 1. The lowest BCUT2D eigenvalue weighted by Crippen LogP contribution is -2.24. The fraction of sp³-hybridized carbons (Fsp3) is 0.667. The zero-order valence-electron chi connectivity index (χ0n) is 11.1. The van der Waals surface area contributed by atoms with Crippen LogP contribution >= 0.6 is 0 Å². The predicted octanol–water partition coefficient (Wildman–Crippen LogP) is 0.600. The molecule has 0 aromatic carbocycles. The molecule has 0 radical (unpaired) electrons. The lowest BCUT2D eigenvalue weighted by molar-refractivity contribution is -0.0284. The minimum atomic E-state index is -0.426. The average Bonchev–Trinajstić information content (AvgIpc) is 2.92. The van der Waals surface area contributed by atoms with Crippen molar-refractivity contribution in [3.63, 3.8) is 0 Å². The van der Waals surface area contributed by atoms with Gasteiger partial charge in [-0.2, -0.15) is 0 Å². The van der Waals surface area contributed by atoms with Gasteiger partial charge in [-0.05, 0) is 19.3 Å². The highest BCUT2D eigenvalue weighted by Gasteiger charge is 2.35. The molecule has 0 spiro atoms. The first-order valence-corrected chi connectivity index (χ1v) is 6.50. The molecule has 4 atom stereocenters. The topological polar surface area (TPSA) is 97.7 Å². The highest BCUT2D eigenvalue weighted by atomic mass is 16.5. The normalized spacial score (nSPS) is 33.8. The molecule has 2 aliphatic rings. The standard InChI is InChI=1S/C12H19N5O2/c1-6-3-9(19-8(6)4-18)17-5-14-10-11(13)15-7(2)16-12(10)17/h5-6,8-9,11,18H,3-4,13H2,1-2H3,(H,15,16)/t6-,8-,9-,11?/m1/s1. The van der Waals surface area contributed by atoms with Gasteiger partial charge in [-0.15, -0.1) is 0 Å². The fourth-order valence-corrected chi connectivity index (χ4v) is 2.68. The molecule has 104 valence electrons. The summed E-state index contributed by atoms with van der Waals surface area (Å²) >= 11 is 0. The number of fused-ring (bicyclic) bond motifs is 1. The van der Waals surface area contributed by atoms with E-state index in [1.807, 2.05) is 11.5 Å². The summed E-state index contributed by atoms with van der Waals surface area (Å²) in [5, 5.41) is 12.5. The molecule has 1 aromatic rings. The summed E-state index contributed by atoms with van der Waals surface area (Å²) in [6.45, 7) is 3.99. The van der Waals surface area contributed by atoms with E-state index in [1.54, 1.807) is 6.33 Å². The molecular weight excluding hydrogens is 246 g/mol. The van der Waals surface area contributed by atoms with Gasteiger partial charge in [-0.1, -0.05) is 6.92 Å². The quantitative estimate of drug-likeness (QED) is 0.727. The number of rotatable bonds is 2. The number of aliphatic hydroxyl groups excluding tert-OH is 1. The second-order valence-corrected chi connectivity index (χ2v) is 5.19. The third-order valence-corrected chi connectivity index (χ3v) is 3.76. The van der Waals surface area contributed by atoms with Gasteiger partial charge in [0.1, 0.15) is 29.7 Å². The van der Waals surface area contributed by atoms with Crippen molar-refractivity contribution in [3.05, 3.63) is 12.0 Å². The number of nitrogens with two attached hydrogens (primary N) is 1. The van der Waals surface area contributed by atoms with Crippen LogP contribution in [0.2, 0.25) is 0 Å². The van der Waals surface area contributed by atoms with Crippen molar-refractivity contribution < 1.29 is 9.84 Å². The second-order valence-electron chi connectivity index (χ2n) is 5.19. The number of hydrogen-bond acceptors (Lipinski definition) is 6. The molecule has 0 saturated carbocycles. The maximum absolute atomic E-state index is 9.27. The molecule has 0 bridgehead atoms. The minimum absolute atomic E-state index is 0.0436. The van der Waals surface area contributed by atoms with Crippen molar-refractivity contribution in [2.45, 2.75) is 38.8 Å². The summed E-state index contributed by atoms with van der Waals surface area (Å²) in [5.41, 5.74) is 6.68. The fourth-order valence-electron chi connectivity index (χ4n) is 2.68. The number of ether oxygens (including phenoxy) is 1. The van der Waals surface area contributed by atoms with E-state index in [1.165, 1.54) is 0 Å². The zero-order valence-corrected chi connectivity index (χ0v) is 11.1. The first-order chi connectivity index (χ1) is 9.10. The number of amidine groups is 1. The molecule has 3 heterocycles. The van der Waals surface area contributed by atoms with Crippen LogP contribution < -0.4 is 11.1 Å². The molecule has 19 heavy (non-hydrogen) atoms. The Bertz CT molecular complexity index is 512. The van der Waals surface area contributed by atoms with E-state index >= 15 is 0 Å². The Morgan fingerprint density at radius 2 is 2.42 bits per heavy atom. The number of nitrogens with zero attached hydrogens (tertiary/aromatic N) is 3. The third kappa shape index (κ3) is 2.03. The lowest BCUT2D eigenvalue weighted by Gasteiger charge is -2.21. The molecule has 0 aliphatic carbocycles. The molecule has 7 heteroatoms. The van der Waals surface area contributed by atoms with Crippen LogP contribution in [0, 0.1) is 5.92 Å². The summed E-state index contributed by atoms with van der Waals surface area (Å²) in [6.07, 6.45) is 1.92. The van der Waals surface area contributed by atoms with Crippen molar-refractivity contribution in [1.29, 1.82) is 0 Å². The van der Waals surface area contributed by atoms with Crippen LogP contribution in [-0.4, -0.2) is 33.2 Å². The number of aromatic nitrogens is 2. The number of imidazole rings is 1. The molecule has 2 aliphatic heterocycles. The Hall–Kier alpha value is -1.44. The zero-order chi connectivity index (χ0) is 13.6. The van der Waals surface area contributed by atoms with Gasteiger partial charge < -0.3 is 20.9 Å². The number of anilines is 1. The van der Waals surface area contributed by atoms with Crippen molar-refractivity contribution in [3.8, 4) is 0 Å². The van der Waals surface area contributed by atoms with Crippen LogP contribution in [0.4, 0.5) is 5.82 Å². The summed E-state index contributed by atoms with van der Waals surface area (Å²) in [6, 6.07) is 0. The van der Waals surface area contributed by atoms with E-state index in [-0.39, 0.29) is 18.9 Å². The third-order valence-electron chi connectivity index (χ3n) is 3.76. The number of hydrogen-bond donors (Lipinski definition) is 3. The Labute approximate surface area is 111 Å². The van der Waals surface area contributed by atoms with Gasteiger partial charge in [0.2, 0.25) is 0 Å². The molecule has 1 fully saturated rings. The van der Waals surface area contributed by atoms with E-state index in [2.05, 4.69) is 22.2 Å². The SMILES string of the molecule is CC1=NC(N)c2ncn([C@H]3C[C@@H](C)[C@@H](CO)O3)c2N1. The predicted molar refractivity (Wildman–Crippen MR) is 70.7 cm³/mol. The van der Waals surface area contributed by atoms with Crippen molar-refractivity contribution in [1.82, 2.24) is 9.55 Å². The molecule has 7 nitrogen and oxygen atoms in total. The van der Waals surface area contributed by atoms with Gasteiger partial charge >= 0.3 is 0 Å². The maximum Gasteiger partial charge on any atom is 0.145 e. The van der Waals surface area contributed by atoms with Crippen LogP contribution in [-0.2, 0) is 4.74 Å². The molecule has 1 aromatic heterocycles. The molecular formula is C12H19N5O2. The summed E-state index contributed by atoms with van der Waals surface area (Å²) < 4.78 is 7.80. The van der Waals surface area contributed by atoms with Gasteiger partial charge in [-0.3, -0.25) is 4.57 Å². The van der Waals surface area contributed by atoms with Crippen molar-refractivity contribution in [2.24, 2.45) is 16.6 Å². The first kappa shape index (κ1) is 12.6. The van der Waals surface area contributed by atoms with Gasteiger partial charge in [0.15, 0.2) is 0 Å². The number of nitrogens with one attached hydrogen (secondary N) is 1. The van der Waals surface area contributed by atoms with Gasteiger partial charge in [0.25, 0.3) is 0 Å². The van der Waals surface area contributed by atoms with E-state index in [9.17, 15) is 5.11 Å². The molecule has 1 saturated heterocycles. The van der Waals surface area contributed by atoms with Crippen LogP contribution in [0.15, 0.2) is 11.3 Å². The molecule has 0 amide bonds. The van der Waals surface area contributed by atoms with E-state index in [0.717, 1.165) is 23.8 Å². The number of aliphatic imine (C=N–C) groups is 1. The highest BCUT2D eigenvalue weighted by molar-refractivity contribution is 5.95. The maximum atomic E-state index is 9.27. The molecule has 3 rings (SSSR count). The van der Waals surface area contributed by atoms with Crippen LogP contribution in [0.3, 0.4) is 0 Å². The second kappa shape index (κ2) is 4.59. The highest BCUT2D eigenvalue weighted by Crippen LogP contribution is 2.37. The summed E-state index contributed by atoms with van der Waals surface area (Å²) in [4.78, 5) is 8.56. The van der Waals surface area contributed by atoms with Gasteiger partial charge in [-0.25, -0.2) is 9.98 Å². The molecule has 4 N–H and O–H groups in total. The average molecular weight is 265 g/mol. The first-order valence-electron chi connectivity index (χ1n) is 6.50. The van der Waals surface area contributed by atoms with Crippen LogP contribution in [0.1, 0.15) is 38.4 Å². The monoisotopic (exact) mass is 265 g/mol. The van der Waals surface area contributed by atoms with E-state index in [4.69, 9.17) is 10.5 Å². The Morgan fingerprint density at radius 3 is 3.11 bits per heavy atom. The summed E-state index contributed by atoms with van der Waals surface area (Å²) in [5.74, 6) is 1.93. The Kier molecular flexibility index (Phi) is 3.04. The Balaban J connectivity index is 1.89. The van der Waals surface area contributed by atoms with Crippen molar-refractivity contribution in [2.75, 3.05) is 11.9 Å². The van der Waals surface area contributed by atoms with Crippen LogP contribution in [0.25, 0.3) is 0 Å². The molecule has 1 unspecified atom stereocenters.